The minimum Gasteiger partial charge on any atom is -0.438 e. The number of ketones is 2. The molecule has 1 heterocycles. The number of rotatable bonds is 8. The average molecular weight is 501 g/mol. The van der Waals surface area contributed by atoms with Crippen LogP contribution in [-0.2, 0) is 17.6 Å². The van der Waals surface area contributed by atoms with E-state index in [4.69, 9.17) is 16.3 Å². The molecule has 0 amide bonds. The van der Waals surface area contributed by atoms with Gasteiger partial charge in [0.2, 0.25) is 5.88 Å². The predicted octanol–water partition coefficient (Wildman–Crippen LogP) is 7.36. The minimum atomic E-state index is -0.386. The molecule has 0 N–H and O–H groups in total. The number of nitrogens with zero attached hydrogens (tertiary/aromatic N) is 2. The lowest BCUT2D eigenvalue weighted by molar-refractivity contribution is -0.126. The summed E-state index contributed by atoms with van der Waals surface area (Å²) >= 11 is 6.41. The van der Waals surface area contributed by atoms with Crippen molar-refractivity contribution in [3.05, 3.63) is 94.3 Å². The van der Waals surface area contributed by atoms with Crippen molar-refractivity contribution < 1.29 is 14.3 Å². The van der Waals surface area contributed by atoms with Crippen LogP contribution in [0.4, 0.5) is 0 Å². The number of fused-ring (bicyclic) bond motifs is 1. The van der Waals surface area contributed by atoms with Gasteiger partial charge in [0.25, 0.3) is 0 Å². The Kier molecular flexibility index (Phi) is 7.51. The van der Waals surface area contributed by atoms with E-state index in [9.17, 15) is 9.59 Å². The van der Waals surface area contributed by atoms with Gasteiger partial charge in [-0.2, -0.15) is 0 Å². The largest absolute Gasteiger partial charge is 0.438 e. The van der Waals surface area contributed by atoms with E-state index in [1.165, 1.54) is 6.33 Å². The molecule has 0 saturated carbocycles. The molecular weight excluding hydrogens is 472 g/mol. The molecule has 0 aliphatic heterocycles. The minimum absolute atomic E-state index is 0.115. The number of carbonyl (C=O) groups is 2. The van der Waals surface area contributed by atoms with Gasteiger partial charge >= 0.3 is 0 Å². The first-order valence-corrected chi connectivity index (χ1v) is 12.3. The van der Waals surface area contributed by atoms with Gasteiger partial charge in [-0.15, -0.1) is 0 Å². The van der Waals surface area contributed by atoms with Crippen LogP contribution in [-0.4, -0.2) is 21.5 Å². The first kappa shape index (κ1) is 25.5. The molecule has 36 heavy (non-hydrogen) atoms. The van der Waals surface area contributed by atoms with Crippen molar-refractivity contribution in [2.75, 3.05) is 0 Å². The number of Topliss-reactive ketones (excluding diaryl/α,β-unsaturated/α-hetero) is 2. The van der Waals surface area contributed by atoms with Crippen molar-refractivity contribution in [1.82, 2.24) is 9.97 Å². The zero-order valence-electron chi connectivity index (χ0n) is 21.0. The first-order chi connectivity index (χ1) is 17.1. The molecule has 0 aliphatic carbocycles. The Morgan fingerprint density at radius 1 is 0.972 bits per heavy atom. The molecule has 3 aromatic carbocycles. The molecule has 184 valence electrons. The molecular formula is C30H29ClN2O3. The third-order valence-electron chi connectivity index (χ3n) is 6.08. The number of ether oxygens (including phenoxy) is 1. The molecule has 0 aliphatic rings. The maximum Gasteiger partial charge on any atom is 0.230 e. The van der Waals surface area contributed by atoms with Crippen LogP contribution in [0.25, 0.3) is 10.9 Å². The van der Waals surface area contributed by atoms with Crippen molar-refractivity contribution >= 4 is 34.1 Å². The van der Waals surface area contributed by atoms with Crippen LogP contribution in [0.2, 0.25) is 5.02 Å². The fourth-order valence-corrected chi connectivity index (χ4v) is 4.21. The predicted molar refractivity (Wildman–Crippen MR) is 143 cm³/mol. The van der Waals surface area contributed by atoms with Crippen LogP contribution in [0.3, 0.4) is 0 Å². The fourth-order valence-electron chi connectivity index (χ4n) is 3.98. The van der Waals surface area contributed by atoms with Crippen LogP contribution in [0, 0.1) is 12.3 Å². The molecule has 5 nitrogen and oxygen atoms in total. The van der Waals surface area contributed by atoms with Crippen molar-refractivity contribution in [3.8, 4) is 11.6 Å². The number of para-hydroxylation sites is 1. The molecule has 0 saturated heterocycles. The highest BCUT2D eigenvalue weighted by atomic mass is 35.5. The van der Waals surface area contributed by atoms with Gasteiger partial charge in [-0.1, -0.05) is 62.7 Å². The standard InChI is InChI=1S/C30H29ClN2O3/c1-19-7-5-9-22(15-19)36-29-23-10-6-8-21(28(23)32-18-33-29)17-26(34)24-16-20(11-13-25(24)31)12-14-27(35)30(2,3)4/h5-11,13,15-16,18H,12,14,17H2,1-4H3. The zero-order chi connectivity index (χ0) is 25.9. The average Bonchev–Trinajstić information content (AvgIpc) is 2.83. The van der Waals surface area contributed by atoms with E-state index in [-0.39, 0.29) is 23.4 Å². The molecule has 0 spiro atoms. The second-order valence-corrected chi connectivity index (χ2v) is 10.4. The molecule has 0 atom stereocenters. The van der Waals surface area contributed by atoms with Gasteiger partial charge in [0.15, 0.2) is 5.78 Å². The van der Waals surface area contributed by atoms with Crippen LogP contribution >= 0.6 is 11.6 Å². The second-order valence-electron chi connectivity index (χ2n) is 10.00. The summed E-state index contributed by atoms with van der Waals surface area (Å²) in [6, 6.07) is 18.8. The van der Waals surface area contributed by atoms with E-state index in [2.05, 4.69) is 9.97 Å². The summed E-state index contributed by atoms with van der Waals surface area (Å²) in [5.41, 5.74) is 3.47. The van der Waals surface area contributed by atoms with E-state index < -0.39 is 0 Å². The third kappa shape index (κ3) is 5.97. The van der Waals surface area contributed by atoms with Gasteiger partial charge in [0.05, 0.1) is 15.9 Å². The molecule has 1 aromatic heterocycles. The molecule has 0 bridgehead atoms. The summed E-state index contributed by atoms with van der Waals surface area (Å²) in [7, 11) is 0. The number of benzene rings is 3. The summed E-state index contributed by atoms with van der Waals surface area (Å²) in [5, 5.41) is 1.12. The molecule has 6 heteroatoms. The Labute approximate surface area is 216 Å². The van der Waals surface area contributed by atoms with Gasteiger partial charge in [-0.05, 0) is 60.4 Å². The Bertz CT molecular complexity index is 1440. The molecule has 0 unspecified atom stereocenters. The fraction of sp³-hybridized carbons (Fsp3) is 0.267. The van der Waals surface area contributed by atoms with Crippen LogP contribution in [0.1, 0.15) is 54.2 Å². The van der Waals surface area contributed by atoms with Crippen molar-refractivity contribution in [3.63, 3.8) is 0 Å². The van der Waals surface area contributed by atoms with E-state index >= 15 is 0 Å². The number of carbonyl (C=O) groups excluding carboxylic acids is 2. The van der Waals surface area contributed by atoms with Gasteiger partial charge in [0.1, 0.15) is 17.9 Å². The third-order valence-corrected chi connectivity index (χ3v) is 6.40. The Balaban J connectivity index is 1.57. The van der Waals surface area contributed by atoms with E-state index in [1.807, 2.05) is 76.2 Å². The van der Waals surface area contributed by atoms with E-state index in [0.717, 1.165) is 22.1 Å². The highest BCUT2D eigenvalue weighted by molar-refractivity contribution is 6.34. The summed E-state index contributed by atoms with van der Waals surface area (Å²) in [5.74, 6) is 1.19. The molecule has 0 radical (unpaired) electrons. The van der Waals surface area contributed by atoms with Crippen LogP contribution < -0.4 is 4.74 Å². The Morgan fingerprint density at radius 2 is 1.75 bits per heavy atom. The summed E-state index contributed by atoms with van der Waals surface area (Å²) in [6.45, 7) is 7.74. The van der Waals surface area contributed by atoms with Gasteiger partial charge in [0, 0.05) is 23.8 Å². The summed E-state index contributed by atoms with van der Waals surface area (Å²) < 4.78 is 6.04. The van der Waals surface area contributed by atoms with Crippen molar-refractivity contribution in [1.29, 1.82) is 0 Å². The maximum atomic E-state index is 13.3. The normalized spacial score (nSPS) is 11.5. The Hall–Kier alpha value is -3.57. The quantitative estimate of drug-likeness (QED) is 0.236. The number of aryl methyl sites for hydroxylation is 2. The number of hydrogen-bond acceptors (Lipinski definition) is 5. The van der Waals surface area contributed by atoms with Gasteiger partial charge < -0.3 is 4.74 Å². The number of aromatic nitrogens is 2. The molecule has 0 fully saturated rings. The maximum absolute atomic E-state index is 13.3. The number of halogens is 1. The van der Waals surface area contributed by atoms with Gasteiger partial charge in [-0.3, -0.25) is 9.59 Å². The SMILES string of the molecule is Cc1cccc(Oc2ncnc3c(CC(=O)c4cc(CCC(=O)C(C)(C)C)ccc4Cl)cccc23)c1. The smallest absolute Gasteiger partial charge is 0.230 e. The van der Waals surface area contributed by atoms with Crippen molar-refractivity contribution in [2.24, 2.45) is 5.41 Å². The summed E-state index contributed by atoms with van der Waals surface area (Å²) in [6.07, 6.45) is 2.56. The van der Waals surface area contributed by atoms with Crippen molar-refractivity contribution in [2.45, 2.75) is 47.0 Å². The lowest BCUT2D eigenvalue weighted by Gasteiger charge is -2.16. The monoisotopic (exact) mass is 500 g/mol. The highest BCUT2D eigenvalue weighted by Gasteiger charge is 2.21. The zero-order valence-corrected chi connectivity index (χ0v) is 21.7. The van der Waals surface area contributed by atoms with Gasteiger partial charge in [-0.25, -0.2) is 9.97 Å². The van der Waals surface area contributed by atoms with Crippen LogP contribution in [0.15, 0.2) is 67.0 Å². The number of hydrogen-bond donors (Lipinski definition) is 0. The lowest BCUT2D eigenvalue weighted by atomic mass is 9.87. The topological polar surface area (TPSA) is 69.2 Å². The lowest BCUT2D eigenvalue weighted by Crippen LogP contribution is -2.20. The molecule has 4 aromatic rings. The van der Waals surface area contributed by atoms with Crippen LogP contribution in [0.5, 0.6) is 11.6 Å². The molecule has 4 rings (SSSR count). The summed E-state index contributed by atoms with van der Waals surface area (Å²) in [4.78, 5) is 34.4. The van der Waals surface area contributed by atoms with E-state index in [0.29, 0.717) is 40.6 Å². The first-order valence-electron chi connectivity index (χ1n) is 11.9. The van der Waals surface area contributed by atoms with E-state index in [1.54, 1.807) is 12.1 Å². The second kappa shape index (κ2) is 10.6. The Morgan fingerprint density at radius 3 is 2.50 bits per heavy atom. The highest BCUT2D eigenvalue weighted by Crippen LogP contribution is 2.30.